The summed E-state index contributed by atoms with van der Waals surface area (Å²) in [5.41, 5.74) is 6.26. The number of carboxylic acids is 1. The van der Waals surface area contributed by atoms with Crippen molar-refractivity contribution in [2.45, 2.75) is 38.6 Å². The van der Waals surface area contributed by atoms with Crippen LogP contribution in [0.1, 0.15) is 42.1 Å². The molecule has 0 heterocycles. The average molecular weight is 290 g/mol. The number of amides is 1. The molecule has 1 aliphatic carbocycles. The largest absolute Gasteiger partial charge is 0.481 e. The fourth-order valence-electron chi connectivity index (χ4n) is 2.88. The molecule has 0 spiro atoms. The highest BCUT2D eigenvalue weighted by Crippen LogP contribution is 2.38. The second kappa shape index (κ2) is 6.26. The zero-order valence-corrected chi connectivity index (χ0v) is 12.3. The summed E-state index contributed by atoms with van der Waals surface area (Å²) < 4.78 is 0. The lowest BCUT2D eigenvalue weighted by atomic mass is 9.85. The lowest BCUT2D eigenvalue weighted by molar-refractivity contribution is -0.148. The first kappa shape index (κ1) is 15.5. The first-order valence-corrected chi connectivity index (χ1v) is 7.30. The van der Waals surface area contributed by atoms with E-state index in [2.05, 4.69) is 5.32 Å². The smallest absolute Gasteiger partial charge is 0.311 e. The maximum absolute atomic E-state index is 12.3. The molecule has 0 radical (unpaired) electrons. The molecule has 114 valence electrons. The van der Waals surface area contributed by atoms with E-state index in [0.29, 0.717) is 24.9 Å². The van der Waals surface area contributed by atoms with Crippen LogP contribution in [0.15, 0.2) is 24.3 Å². The Hall–Kier alpha value is -1.88. The molecular weight excluding hydrogens is 268 g/mol. The van der Waals surface area contributed by atoms with E-state index in [1.807, 2.05) is 12.1 Å². The van der Waals surface area contributed by atoms with E-state index in [4.69, 9.17) is 5.73 Å². The molecule has 2 atom stereocenters. The van der Waals surface area contributed by atoms with E-state index >= 15 is 0 Å². The molecule has 0 bridgehead atoms. The van der Waals surface area contributed by atoms with Crippen LogP contribution in [0.25, 0.3) is 0 Å². The van der Waals surface area contributed by atoms with Crippen LogP contribution in [0.3, 0.4) is 0 Å². The van der Waals surface area contributed by atoms with E-state index in [1.54, 1.807) is 19.1 Å². The maximum atomic E-state index is 12.3. The number of nitrogens with one attached hydrogen (secondary N) is 1. The Labute approximate surface area is 124 Å². The van der Waals surface area contributed by atoms with Gasteiger partial charge >= 0.3 is 5.97 Å². The zero-order valence-electron chi connectivity index (χ0n) is 12.3. The van der Waals surface area contributed by atoms with Crippen LogP contribution in [0, 0.1) is 5.41 Å². The molecule has 4 N–H and O–H groups in total. The van der Waals surface area contributed by atoms with Crippen LogP contribution in [0.4, 0.5) is 0 Å². The van der Waals surface area contributed by atoms with Crippen molar-refractivity contribution in [1.29, 1.82) is 0 Å². The van der Waals surface area contributed by atoms with Gasteiger partial charge in [0.25, 0.3) is 5.91 Å². The number of hydrogen-bond acceptors (Lipinski definition) is 3. The molecule has 2 unspecified atom stereocenters. The van der Waals surface area contributed by atoms with Crippen molar-refractivity contribution < 1.29 is 14.7 Å². The third kappa shape index (κ3) is 3.24. The van der Waals surface area contributed by atoms with Gasteiger partial charge in [0.15, 0.2) is 0 Å². The van der Waals surface area contributed by atoms with Crippen molar-refractivity contribution in [1.82, 2.24) is 5.32 Å². The van der Waals surface area contributed by atoms with Crippen molar-refractivity contribution in [3.63, 3.8) is 0 Å². The van der Waals surface area contributed by atoms with Gasteiger partial charge in [-0.1, -0.05) is 18.6 Å². The number of rotatable bonds is 5. The molecule has 0 aliphatic heterocycles. The Morgan fingerprint density at radius 3 is 2.62 bits per heavy atom. The number of carbonyl (C=O) groups is 2. The molecule has 21 heavy (non-hydrogen) atoms. The topological polar surface area (TPSA) is 92.4 Å². The standard InChI is InChI=1S/C16H22N2O3/c1-16(15(20)21)9-2-3-13(16)18-14(19)12-6-4-11(5-7-12)8-10-17/h4-7,13H,2-3,8-10,17H2,1H3,(H,18,19)(H,20,21). The van der Waals surface area contributed by atoms with Crippen LogP contribution < -0.4 is 11.1 Å². The first-order valence-electron chi connectivity index (χ1n) is 7.30. The fourth-order valence-corrected chi connectivity index (χ4v) is 2.88. The summed E-state index contributed by atoms with van der Waals surface area (Å²) in [4.78, 5) is 23.7. The molecule has 1 fully saturated rings. The van der Waals surface area contributed by atoms with E-state index in [-0.39, 0.29) is 11.9 Å². The molecule has 1 amide bonds. The molecule has 2 rings (SSSR count). The van der Waals surface area contributed by atoms with Crippen LogP contribution in [0.5, 0.6) is 0 Å². The Kier molecular flexibility index (Phi) is 4.63. The summed E-state index contributed by atoms with van der Waals surface area (Å²) in [7, 11) is 0. The molecule has 0 saturated heterocycles. The highest BCUT2D eigenvalue weighted by atomic mass is 16.4. The summed E-state index contributed by atoms with van der Waals surface area (Å²) >= 11 is 0. The van der Waals surface area contributed by atoms with Crippen molar-refractivity contribution in [2.75, 3.05) is 6.54 Å². The molecule has 1 aromatic carbocycles. The number of nitrogens with two attached hydrogens (primary N) is 1. The van der Waals surface area contributed by atoms with Gasteiger partial charge in [-0.05, 0) is 50.4 Å². The molecular formula is C16H22N2O3. The normalized spacial score (nSPS) is 24.8. The molecule has 5 heteroatoms. The molecule has 1 aromatic rings. The fraction of sp³-hybridized carbons (Fsp3) is 0.500. The van der Waals surface area contributed by atoms with Gasteiger partial charge in [0, 0.05) is 11.6 Å². The van der Waals surface area contributed by atoms with Gasteiger partial charge in [-0.2, -0.15) is 0 Å². The van der Waals surface area contributed by atoms with E-state index in [0.717, 1.165) is 18.4 Å². The minimum atomic E-state index is -0.866. The summed E-state index contributed by atoms with van der Waals surface area (Å²) in [5, 5.41) is 12.2. The Bertz CT molecular complexity index is 527. The van der Waals surface area contributed by atoms with Crippen LogP contribution >= 0.6 is 0 Å². The number of aliphatic carboxylic acids is 1. The zero-order chi connectivity index (χ0) is 15.5. The Morgan fingerprint density at radius 2 is 2.05 bits per heavy atom. The van der Waals surface area contributed by atoms with Gasteiger partial charge in [-0.3, -0.25) is 9.59 Å². The predicted molar refractivity (Wildman–Crippen MR) is 80.0 cm³/mol. The van der Waals surface area contributed by atoms with Crippen molar-refractivity contribution in [3.05, 3.63) is 35.4 Å². The van der Waals surface area contributed by atoms with Crippen molar-refractivity contribution >= 4 is 11.9 Å². The lowest BCUT2D eigenvalue weighted by Crippen LogP contribution is -2.47. The Balaban J connectivity index is 2.05. The van der Waals surface area contributed by atoms with Gasteiger partial charge in [0.1, 0.15) is 0 Å². The van der Waals surface area contributed by atoms with Crippen LogP contribution in [-0.4, -0.2) is 29.6 Å². The quantitative estimate of drug-likeness (QED) is 0.767. The van der Waals surface area contributed by atoms with Crippen molar-refractivity contribution in [2.24, 2.45) is 11.1 Å². The minimum Gasteiger partial charge on any atom is -0.481 e. The summed E-state index contributed by atoms with van der Waals surface area (Å²) in [6.07, 6.45) is 2.91. The second-order valence-corrected chi connectivity index (χ2v) is 5.88. The van der Waals surface area contributed by atoms with Gasteiger partial charge in [0.2, 0.25) is 0 Å². The van der Waals surface area contributed by atoms with E-state index < -0.39 is 11.4 Å². The predicted octanol–water partition coefficient (Wildman–Crippen LogP) is 1.56. The summed E-state index contributed by atoms with van der Waals surface area (Å²) in [6.45, 7) is 2.28. The third-order valence-electron chi connectivity index (χ3n) is 4.40. The molecule has 0 aromatic heterocycles. The maximum Gasteiger partial charge on any atom is 0.311 e. The summed E-state index contributed by atoms with van der Waals surface area (Å²) in [5.74, 6) is -1.06. The van der Waals surface area contributed by atoms with Gasteiger partial charge in [0.05, 0.1) is 5.41 Å². The van der Waals surface area contributed by atoms with Gasteiger partial charge in [-0.15, -0.1) is 0 Å². The molecule has 1 saturated carbocycles. The number of benzene rings is 1. The van der Waals surface area contributed by atoms with Gasteiger partial charge in [-0.25, -0.2) is 0 Å². The lowest BCUT2D eigenvalue weighted by Gasteiger charge is -2.27. The van der Waals surface area contributed by atoms with E-state index in [9.17, 15) is 14.7 Å². The monoisotopic (exact) mass is 290 g/mol. The summed E-state index contributed by atoms with van der Waals surface area (Å²) in [6, 6.07) is 6.96. The average Bonchev–Trinajstić information content (AvgIpc) is 2.83. The highest BCUT2D eigenvalue weighted by Gasteiger charge is 2.45. The third-order valence-corrected chi connectivity index (χ3v) is 4.40. The second-order valence-electron chi connectivity index (χ2n) is 5.88. The van der Waals surface area contributed by atoms with Gasteiger partial charge < -0.3 is 16.2 Å². The first-order chi connectivity index (χ1) is 9.97. The number of hydrogen-bond donors (Lipinski definition) is 3. The Morgan fingerprint density at radius 1 is 1.38 bits per heavy atom. The molecule has 5 nitrogen and oxygen atoms in total. The van der Waals surface area contributed by atoms with Crippen LogP contribution in [-0.2, 0) is 11.2 Å². The van der Waals surface area contributed by atoms with E-state index in [1.165, 1.54) is 0 Å². The minimum absolute atomic E-state index is 0.214. The number of carbonyl (C=O) groups excluding carboxylic acids is 1. The highest BCUT2D eigenvalue weighted by molar-refractivity contribution is 5.95. The van der Waals surface area contributed by atoms with Crippen molar-refractivity contribution in [3.8, 4) is 0 Å². The van der Waals surface area contributed by atoms with Crippen LogP contribution in [0.2, 0.25) is 0 Å². The molecule has 1 aliphatic rings. The SMILES string of the molecule is CC1(C(=O)O)CCCC1NC(=O)c1ccc(CCN)cc1. The number of carboxylic acid groups (broad SMARTS) is 1.